The average Bonchev–Trinajstić information content (AvgIpc) is 2.78. The molecule has 29 heavy (non-hydrogen) atoms. The Labute approximate surface area is 179 Å². The van der Waals surface area contributed by atoms with E-state index in [1.165, 1.54) is 92.9 Å². The molecule has 0 aromatic heterocycles. The number of hydrogen-bond acceptors (Lipinski definition) is 0. The Kier molecular flexibility index (Phi) is 8.88. The first-order valence-electron chi connectivity index (χ1n) is 12.0. The summed E-state index contributed by atoms with van der Waals surface area (Å²) in [5, 5.41) is 0. The van der Waals surface area contributed by atoms with Gasteiger partial charge in [0, 0.05) is 11.5 Å². The van der Waals surface area contributed by atoms with E-state index in [2.05, 4.69) is 74.2 Å². The van der Waals surface area contributed by atoms with Crippen molar-refractivity contribution in [2.45, 2.75) is 90.4 Å². The van der Waals surface area contributed by atoms with Gasteiger partial charge in [0.05, 0.1) is 0 Å². The Morgan fingerprint density at radius 1 is 0.690 bits per heavy atom. The van der Waals surface area contributed by atoms with E-state index in [0.717, 1.165) is 5.92 Å². The van der Waals surface area contributed by atoms with Crippen LogP contribution in [-0.2, 0) is 12.8 Å². The van der Waals surface area contributed by atoms with E-state index >= 15 is 0 Å². The minimum absolute atomic E-state index is 0.569. The molecule has 0 aliphatic heterocycles. The zero-order valence-electron chi connectivity index (χ0n) is 18.6. The summed E-state index contributed by atoms with van der Waals surface area (Å²) >= 11 is 0. The summed E-state index contributed by atoms with van der Waals surface area (Å²) < 4.78 is 0. The van der Waals surface area contributed by atoms with Crippen LogP contribution in [0.1, 0.15) is 99.8 Å². The standard InChI is InChI=1S/C29H38/c1-3-5-7-9-25-10-12-26(13-11-25)14-15-27-18-22-29(23-19-27)28-20-16-24(17-21-28)8-6-4-2/h10-13,16-17,20-21,27,29H,3-9,18-19,22-23H2,1-2H3/t27-,29-. The Hall–Kier alpha value is -2.00. The Morgan fingerprint density at radius 3 is 1.90 bits per heavy atom. The van der Waals surface area contributed by atoms with Crippen LogP contribution in [0.2, 0.25) is 0 Å². The van der Waals surface area contributed by atoms with Gasteiger partial charge in [0.2, 0.25) is 0 Å². The minimum Gasteiger partial charge on any atom is -0.0945 e. The van der Waals surface area contributed by atoms with Crippen molar-refractivity contribution in [2.24, 2.45) is 5.92 Å². The summed E-state index contributed by atoms with van der Waals surface area (Å²) in [6.07, 6.45) is 13.9. The molecule has 1 fully saturated rings. The van der Waals surface area contributed by atoms with E-state index in [-0.39, 0.29) is 0 Å². The SMILES string of the molecule is CCCCCc1ccc(C#C[C@H]2CC[C@H](c3ccc(CCCC)cc3)CC2)cc1. The lowest BCUT2D eigenvalue weighted by atomic mass is 9.78. The van der Waals surface area contributed by atoms with Crippen LogP contribution in [0.15, 0.2) is 48.5 Å². The van der Waals surface area contributed by atoms with E-state index in [4.69, 9.17) is 0 Å². The van der Waals surface area contributed by atoms with Crippen molar-refractivity contribution in [3.05, 3.63) is 70.8 Å². The number of hydrogen-bond donors (Lipinski definition) is 0. The topological polar surface area (TPSA) is 0 Å². The van der Waals surface area contributed by atoms with Gasteiger partial charge in [-0.15, -0.1) is 0 Å². The van der Waals surface area contributed by atoms with E-state index in [9.17, 15) is 0 Å². The molecule has 0 nitrogen and oxygen atoms in total. The maximum Gasteiger partial charge on any atom is 0.0245 e. The first kappa shape index (κ1) is 21.7. The third-order valence-electron chi connectivity index (χ3n) is 6.44. The van der Waals surface area contributed by atoms with Crippen molar-refractivity contribution in [1.29, 1.82) is 0 Å². The van der Waals surface area contributed by atoms with Gasteiger partial charge in [-0.3, -0.25) is 0 Å². The van der Waals surface area contributed by atoms with Crippen LogP contribution in [0.3, 0.4) is 0 Å². The molecule has 0 heteroatoms. The first-order valence-corrected chi connectivity index (χ1v) is 12.0. The van der Waals surface area contributed by atoms with Gasteiger partial charge in [0.15, 0.2) is 0 Å². The molecule has 0 bridgehead atoms. The second kappa shape index (κ2) is 11.9. The number of benzene rings is 2. The van der Waals surface area contributed by atoms with Crippen LogP contribution in [0.25, 0.3) is 0 Å². The molecular weight excluding hydrogens is 348 g/mol. The molecule has 0 radical (unpaired) electrons. The van der Waals surface area contributed by atoms with E-state index in [1.54, 1.807) is 0 Å². The normalized spacial score (nSPS) is 18.8. The maximum absolute atomic E-state index is 3.56. The lowest BCUT2D eigenvalue weighted by Gasteiger charge is -2.26. The van der Waals surface area contributed by atoms with Gasteiger partial charge < -0.3 is 0 Å². The van der Waals surface area contributed by atoms with E-state index < -0.39 is 0 Å². The summed E-state index contributed by atoms with van der Waals surface area (Å²) in [5.41, 5.74) is 5.65. The summed E-state index contributed by atoms with van der Waals surface area (Å²) in [6.45, 7) is 4.52. The third kappa shape index (κ3) is 7.08. The molecule has 0 saturated heterocycles. The molecule has 2 aromatic rings. The largest absolute Gasteiger partial charge is 0.0945 e. The predicted molar refractivity (Wildman–Crippen MR) is 126 cm³/mol. The number of unbranched alkanes of at least 4 members (excludes halogenated alkanes) is 3. The Balaban J connectivity index is 1.46. The molecular formula is C29H38. The van der Waals surface area contributed by atoms with Crippen molar-refractivity contribution < 1.29 is 0 Å². The molecule has 1 aliphatic carbocycles. The smallest absolute Gasteiger partial charge is 0.0245 e. The first-order chi connectivity index (χ1) is 14.3. The van der Waals surface area contributed by atoms with Crippen LogP contribution in [0.4, 0.5) is 0 Å². The second-order valence-electron chi connectivity index (χ2n) is 8.82. The van der Waals surface area contributed by atoms with Gasteiger partial charge in [-0.2, -0.15) is 0 Å². The summed E-state index contributed by atoms with van der Waals surface area (Å²) in [6, 6.07) is 18.4. The van der Waals surface area contributed by atoms with Crippen molar-refractivity contribution in [3.63, 3.8) is 0 Å². The molecule has 154 valence electrons. The highest BCUT2D eigenvalue weighted by atomic mass is 14.2. The molecule has 2 aromatic carbocycles. The fourth-order valence-electron chi connectivity index (χ4n) is 4.43. The van der Waals surface area contributed by atoms with Crippen LogP contribution < -0.4 is 0 Å². The summed E-state index contributed by atoms with van der Waals surface area (Å²) in [4.78, 5) is 0. The maximum atomic E-state index is 3.56. The molecule has 0 N–H and O–H groups in total. The van der Waals surface area contributed by atoms with E-state index in [0.29, 0.717) is 5.92 Å². The van der Waals surface area contributed by atoms with Gasteiger partial charge in [0.25, 0.3) is 0 Å². The quantitative estimate of drug-likeness (QED) is 0.318. The van der Waals surface area contributed by atoms with Crippen molar-refractivity contribution >= 4 is 0 Å². The fraction of sp³-hybridized carbons (Fsp3) is 0.517. The molecule has 1 aliphatic rings. The summed E-state index contributed by atoms with van der Waals surface area (Å²) in [5.74, 6) is 8.31. The Morgan fingerprint density at radius 2 is 1.28 bits per heavy atom. The molecule has 0 spiro atoms. The van der Waals surface area contributed by atoms with Crippen molar-refractivity contribution in [2.75, 3.05) is 0 Å². The van der Waals surface area contributed by atoms with Gasteiger partial charge in [0.1, 0.15) is 0 Å². The molecule has 0 amide bonds. The fourth-order valence-corrected chi connectivity index (χ4v) is 4.43. The Bertz CT molecular complexity index is 762. The highest BCUT2D eigenvalue weighted by Crippen LogP contribution is 2.35. The van der Waals surface area contributed by atoms with Crippen LogP contribution >= 0.6 is 0 Å². The zero-order chi connectivity index (χ0) is 20.3. The van der Waals surface area contributed by atoms with Crippen molar-refractivity contribution in [1.82, 2.24) is 0 Å². The monoisotopic (exact) mass is 386 g/mol. The minimum atomic E-state index is 0.569. The average molecular weight is 387 g/mol. The molecule has 0 atom stereocenters. The lowest BCUT2D eigenvalue weighted by molar-refractivity contribution is 0.384. The highest BCUT2D eigenvalue weighted by Gasteiger charge is 2.21. The van der Waals surface area contributed by atoms with Crippen LogP contribution in [0, 0.1) is 17.8 Å². The molecule has 0 heterocycles. The third-order valence-corrected chi connectivity index (χ3v) is 6.44. The van der Waals surface area contributed by atoms with Crippen LogP contribution in [-0.4, -0.2) is 0 Å². The second-order valence-corrected chi connectivity index (χ2v) is 8.82. The van der Waals surface area contributed by atoms with E-state index in [1.807, 2.05) is 0 Å². The van der Waals surface area contributed by atoms with Gasteiger partial charge >= 0.3 is 0 Å². The molecule has 0 unspecified atom stereocenters. The predicted octanol–water partition coefficient (Wildman–Crippen LogP) is 8.09. The number of aryl methyl sites for hydroxylation is 2. The summed E-state index contributed by atoms with van der Waals surface area (Å²) in [7, 11) is 0. The van der Waals surface area contributed by atoms with Gasteiger partial charge in [-0.1, -0.05) is 81.3 Å². The highest BCUT2D eigenvalue weighted by molar-refractivity contribution is 5.37. The lowest BCUT2D eigenvalue weighted by Crippen LogP contribution is -2.12. The zero-order valence-corrected chi connectivity index (χ0v) is 18.6. The number of rotatable bonds is 8. The van der Waals surface area contributed by atoms with Crippen LogP contribution in [0.5, 0.6) is 0 Å². The molecule has 1 saturated carbocycles. The van der Waals surface area contributed by atoms with Crippen molar-refractivity contribution in [3.8, 4) is 11.8 Å². The van der Waals surface area contributed by atoms with Gasteiger partial charge in [-0.05, 0) is 86.1 Å². The molecule has 3 rings (SSSR count). The van der Waals surface area contributed by atoms with Gasteiger partial charge in [-0.25, -0.2) is 0 Å².